The summed E-state index contributed by atoms with van der Waals surface area (Å²) in [5.74, 6) is 2.98. The molecular weight excluding hydrogens is 220 g/mol. The highest BCUT2D eigenvalue weighted by Crippen LogP contribution is 2.48. The fraction of sp³-hybridized carbons (Fsp3) is 0.647. The van der Waals surface area contributed by atoms with Gasteiger partial charge in [-0.3, -0.25) is 0 Å². The molecule has 0 amide bonds. The van der Waals surface area contributed by atoms with Gasteiger partial charge < -0.3 is 4.74 Å². The van der Waals surface area contributed by atoms with Crippen LogP contribution in [0.4, 0.5) is 0 Å². The third-order valence-electron chi connectivity index (χ3n) is 4.39. The minimum absolute atomic E-state index is 0.700. The van der Waals surface area contributed by atoms with E-state index in [4.69, 9.17) is 4.74 Å². The van der Waals surface area contributed by atoms with Gasteiger partial charge in [-0.2, -0.15) is 0 Å². The molecule has 4 atom stereocenters. The second-order valence-corrected chi connectivity index (χ2v) is 5.56. The van der Waals surface area contributed by atoms with E-state index in [2.05, 4.69) is 43.9 Å². The van der Waals surface area contributed by atoms with Crippen LogP contribution in [0, 0.1) is 23.7 Å². The molecule has 1 nitrogen and oxygen atoms in total. The van der Waals surface area contributed by atoms with E-state index >= 15 is 0 Å². The fourth-order valence-electron chi connectivity index (χ4n) is 3.37. The van der Waals surface area contributed by atoms with Gasteiger partial charge in [0, 0.05) is 6.61 Å². The molecule has 0 N–H and O–H groups in total. The van der Waals surface area contributed by atoms with Crippen molar-refractivity contribution in [1.82, 2.24) is 0 Å². The molecule has 1 heteroatoms. The SMILES string of the molecule is C=CC1CC(/C=C\COCCCC)C2C=CCC12. The normalized spacial score (nSPS) is 34.3. The minimum Gasteiger partial charge on any atom is -0.377 e. The lowest BCUT2D eigenvalue weighted by molar-refractivity contribution is 0.158. The molecule has 0 aliphatic heterocycles. The van der Waals surface area contributed by atoms with Crippen molar-refractivity contribution in [3.05, 3.63) is 37.0 Å². The molecule has 0 bridgehead atoms. The Labute approximate surface area is 112 Å². The van der Waals surface area contributed by atoms with Gasteiger partial charge in [0.05, 0.1) is 6.61 Å². The van der Waals surface area contributed by atoms with E-state index in [0.717, 1.165) is 25.0 Å². The van der Waals surface area contributed by atoms with Crippen molar-refractivity contribution in [3.63, 3.8) is 0 Å². The van der Waals surface area contributed by atoms with Gasteiger partial charge in [-0.05, 0) is 42.9 Å². The van der Waals surface area contributed by atoms with Crippen LogP contribution in [0.2, 0.25) is 0 Å². The summed E-state index contributed by atoms with van der Waals surface area (Å²) in [5.41, 5.74) is 0. The van der Waals surface area contributed by atoms with Crippen molar-refractivity contribution in [1.29, 1.82) is 0 Å². The Morgan fingerprint density at radius 3 is 3.06 bits per heavy atom. The van der Waals surface area contributed by atoms with E-state index in [1.807, 2.05) is 0 Å². The van der Waals surface area contributed by atoms with E-state index in [1.54, 1.807) is 0 Å². The van der Waals surface area contributed by atoms with Crippen molar-refractivity contribution < 1.29 is 4.74 Å². The molecule has 0 aromatic rings. The van der Waals surface area contributed by atoms with Crippen LogP contribution >= 0.6 is 0 Å². The Balaban J connectivity index is 1.77. The molecule has 0 radical (unpaired) electrons. The summed E-state index contributed by atoms with van der Waals surface area (Å²) in [6, 6.07) is 0. The van der Waals surface area contributed by atoms with E-state index in [0.29, 0.717) is 11.8 Å². The molecule has 0 saturated heterocycles. The first-order valence-corrected chi connectivity index (χ1v) is 7.40. The molecule has 1 fully saturated rings. The average Bonchev–Trinajstić information content (AvgIpc) is 2.96. The number of hydrogen-bond donors (Lipinski definition) is 0. The van der Waals surface area contributed by atoms with E-state index in [-0.39, 0.29) is 0 Å². The summed E-state index contributed by atoms with van der Waals surface area (Å²) in [5, 5.41) is 0. The minimum atomic E-state index is 0.700. The van der Waals surface area contributed by atoms with Crippen molar-refractivity contribution in [2.24, 2.45) is 23.7 Å². The maximum atomic E-state index is 5.57. The Kier molecular flexibility index (Phi) is 5.25. The largest absolute Gasteiger partial charge is 0.377 e. The maximum Gasteiger partial charge on any atom is 0.0647 e. The molecule has 0 spiro atoms. The van der Waals surface area contributed by atoms with Crippen LogP contribution in [-0.4, -0.2) is 13.2 Å². The number of rotatable bonds is 7. The molecule has 2 aliphatic rings. The Hall–Kier alpha value is -0.820. The molecule has 0 aromatic carbocycles. The molecule has 4 unspecified atom stereocenters. The van der Waals surface area contributed by atoms with Crippen LogP contribution in [0.5, 0.6) is 0 Å². The van der Waals surface area contributed by atoms with Gasteiger partial charge in [0.25, 0.3) is 0 Å². The van der Waals surface area contributed by atoms with Crippen molar-refractivity contribution in [2.45, 2.75) is 32.6 Å². The summed E-state index contributed by atoms with van der Waals surface area (Å²) >= 11 is 0. The van der Waals surface area contributed by atoms with E-state index < -0.39 is 0 Å². The third kappa shape index (κ3) is 3.14. The van der Waals surface area contributed by atoms with E-state index in [1.165, 1.54) is 25.7 Å². The van der Waals surface area contributed by atoms with Gasteiger partial charge in [-0.15, -0.1) is 6.58 Å². The maximum absolute atomic E-state index is 5.57. The summed E-state index contributed by atoms with van der Waals surface area (Å²) in [6.45, 7) is 7.86. The summed E-state index contributed by atoms with van der Waals surface area (Å²) < 4.78 is 5.57. The number of allylic oxidation sites excluding steroid dienone is 4. The molecule has 18 heavy (non-hydrogen) atoms. The van der Waals surface area contributed by atoms with Crippen LogP contribution in [0.15, 0.2) is 37.0 Å². The zero-order chi connectivity index (χ0) is 12.8. The van der Waals surface area contributed by atoms with Crippen molar-refractivity contribution in [2.75, 3.05) is 13.2 Å². The van der Waals surface area contributed by atoms with E-state index in [9.17, 15) is 0 Å². The standard InChI is InChI=1S/C17H26O/c1-3-5-11-18-12-7-8-15-13-14(4-2)16-9-6-10-17(15)16/h4,6-8,10,14-17H,2-3,5,9,11-13H2,1H3/b8-7-. The van der Waals surface area contributed by atoms with Gasteiger partial charge in [0.15, 0.2) is 0 Å². The monoisotopic (exact) mass is 246 g/mol. The number of unbranched alkanes of at least 4 members (excludes halogenated alkanes) is 1. The van der Waals surface area contributed by atoms with Gasteiger partial charge in [0.1, 0.15) is 0 Å². The second-order valence-electron chi connectivity index (χ2n) is 5.56. The Bertz CT molecular complexity index is 316. The first-order chi connectivity index (χ1) is 8.86. The Morgan fingerprint density at radius 2 is 2.28 bits per heavy atom. The molecule has 2 aliphatic carbocycles. The second kappa shape index (κ2) is 6.94. The molecule has 100 valence electrons. The van der Waals surface area contributed by atoms with Crippen molar-refractivity contribution in [3.8, 4) is 0 Å². The number of ether oxygens (including phenoxy) is 1. The fourth-order valence-corrected chi connectivity index (χ4v) is 3.37. The molecule has 1 saturated carbocycles. The van der Waals surface area contributed by atoms with Crippen molar-refractivity contribution >= 4 is 0 Å². The number of hydrogen-bond acceptors (Lipinski definition) is 1. The quantitative estimate of drug-likeness (QED) is 0.478. The third-order valence-corrected chi connectivity index (χ3v) is 4.39. The van der Waals surface area contributed by atoms with Gasteiger partial charge in [0.2, 0.25) is 0 Å². The average molecular weight is 246 g/mol. The van der Waals surface area contributed by atoms with Crippen LogP contribution in [0.1, 0.15) is 32.6 Å². The van der Waals surface area contributed by atoms with Gasteiger partial charge in [-0.1, -0.05) is 43.7 Å². The highest BCUT2D eigenvalue weighted by atomic mass is 16.5. The Morgan fingerprint density at radius 1 is 1.39 bits per heavy atom. The van der Waals surface area contributed by atoms with Crippen LogP contribution in [0.3, 0.4) is 0 Å². The summed E-state index contributed by atoms with van der Waals surface area (Å²) in [6.07, 6.45) is 16.4. The smallest absolute Gasteiger partial charge is 0.0647 e. The van der Waals surface area contributed by atoms with Crippen LogP contribution < -0.4 is 0 Å². The molecule has 0 aromatic heterocycles. The van der Waals surface area contributed by atoms with Gasteiger partial charge in [-0.25, -0.2) is 0 Å². The van der Waals surface area contributed by atoms with Gasteiger partial charge >= 0.3 is 0 Å². The summed E-state index contributed by atoms with van der Waals surface area (Å²) in [7, 11) is 0. The van der Waals surface area contributed by atoms with Crippen LogP contribution in [-0.2, 0) is 4.74 Å². The highest BCUT2D eigenvalue weighted by Gasteiger charge is 2.40. The lowest BCUT2D eigenvalue weighted by atomic mass is 9.90. The zero-order valence-electron chi connectivity index (χ0n) is 11.6. The zero-order valence-corrected chi connectivity index (χ0v) is 11.6. The first-order valence-electron chi connectivity index (χ1n) is 7.40. The predicted molar refractivity (Wildman–Crippen MR) is 77.4 cm³/mol. The molecule has 2 rings (SSSR count). The van der Waals surface area contributed by atoms with Crippen LogP contribution in [0.25, 0.3) is 0 Å². The lowest BCUT2D eigenvalue weighted by Crippen LogP contribution is -2.09. The topological polar surface area (TPSA) is 9.23 Å². The summed E-state index contributed by atoms with van der Waals surface area (Å²) in [4.78, 5) is 0. The first kappa shape index (κ1) is 13.6. The molecule has 0 heterocycles. The number of fused-ring (bicyclic) bond motifs is 1. The predicted octanol–water partition coefficient (Wildman–Crippen LogP) is 4.37. The lowest BCUT2D eigenvalue weighted by Gasteiger charge is -2.15. The molecular formula is C17H26O. The highest BCUT2D eigenvalue weighted by molar-refractivity contribution is 5.15.